The SMILES string of the molecule is CC(C)C(C)NCC(O)c1ccc2c(c1)OCCO2. The first-order chi connectivity index (χ1) is 9.08. The number of aliphatic hydroxyl groups is 1. The number of fused-ring (bicyclic) bond motifs is 1. The van der Waals surface area contributed by atoms with Crippen molar-refractivity contribution in [1.29, 1.82) is 0 Å². The number of nitrogens with one attached hydrogen (secondary N) is 1. The van der Waals surface area contributed by atoms with Crippen molar-refractivity contribution in [3.05, 3.63) is 23.8 Å². The third kappa shape index (κ3) is 3.61. The normalized spacial score (nSPS) is 17.3. The average Bonchev–Trinajstić information content (AvgIpc) is 2.43. The van der Waals surface area contributed by atoms with E-state index in [9.17, 15) is 5.11 Å². The highest BCUT2D eigenvalue weighted by molar-refractivity contribution is 5.44. The van der Waals surface area contributed by atoms with Gasteiger partial charge in [0.2, 0.25) is 0 Å². The zero-order valence-corrected chi connectivity index (χ0v) is 11.8. The van der Waals surface area contributed by atoms with E-state index >= 15 is 0 Å². The second-order valence-electron chi connectivity index (χ2n) is 5.36. The van der Waals surface area contributed by atoms with Crippen molar-refractivity contribution in [1.82, 2.24) is 5.32 Å². The van der Waals surface area contributed by atoms with Crippen LogP contribution in [0.5, 0.6) is 11.5 Å². The Kier molecular flexibility index (Phi) is 4.66. The first kappa shape index (κ1) is 14.2. The van der Waals surface area contributed by atoms with Crippen LogP contribution in [0.25, 0.3) is 0 Å². The quantitative estimate of drug-likeness (QED) is 0.856. The molecule has 4 nitrogen and oxygen atoms in total. The van der Waals surface area contributed by atoms with Gasteiger partial charge in [0.15, 0.2) is 11.5 Å². The molecular weight excluding hydrogens is 242 g/mol. The number of benzene rings is 1. The van der Waals surface area contributed by atoms with Crippen molar-refractivity contribution in [3.8, 4) is 11.5 Å². The minimum atomic E-state index is -0.531. The van der Waals surface area contributed by atoms with Crippen molar-refractivity contribution in [2.45, 2.75) is 32.9 Å². The van der Waals surface area contributed by atoms with Gasteiger partial charge in [0.05, 0.1) is 6.10 Å². The van der Waals surface area contributed by atoms with Gasteiger partial charge >= 0.3 is 0 Å². The summed E-state index contributed by atoms with van der Waals surface area (Å²) in [7, 11) is 0. The molecule has 0 saturated carbocycles. The monoisotopic (exact) mass is 265 g/mol. The third-order valence-electron chi connectivity index (χ3n) is 3.58. The summed E-state index contributed by atoms with van der Waals surface area (Å²) in [4.78, 5) is 0. The molecule has 0 bridgehead atoms. The van der Waals surface area contributed by atoms with Crippen LogP contribution >= 0.6 is 0 Å². The standard InChI is InChI=1S/C15H23NO3/c1-10(2)11(3)16-9-13(17)12-4-5-14-15(8-12)19-7-6-18-14/h4-5,8,10-11,13,16-17H,6-7,9H2,1-3H3. The van der Waals surface area contributed by atoms with E-state index in [2.05, 4.69) is 26.1 Å². The van der Waals surface area contributed by atoms with Crippen LogP contribution in [-0.4, -0.2) is 30.9 Å². The molecule has 0 radical (unpaired) electrons. The van der Waals surface area contributed by atoms with Gasteiger partial charge in [-0.15, -0.1) is 0 Å². The smallest absolute Gasteiger partial charge is 0.161 e. The number of ether oxygens (including phenoxy) is 2. The molecule has 2 rings (SSSR count). The number of rotatable bonds is 5. The maximum atomic E-state index is 10.2. The third-order valence-corrected chi connectivity index (χ3v) is 3.58. The summed E-state index contributed by atoms with van der Waals surface area (Å²) in [5.74, 6) is 2.03. The molecule has 1 aromatic carbocycles. The molecule has 0 fully saturated rings. The van der Waals surface area contributed by atoms with Crippen molar-refractivity contribution in [2.75, 3.05) is 19.8 Å². The molecule has 19 heavy (non-hydrogen) atoms. The van der Waals surface area contributed by atoms with E-state index in [1.807, 2.05) is 18.2 Å². The van der Waals surface area contributed by atoms with E-state index in [1.165, 1.54) is 0 Å². The Morgan fingerprint density at radius 1 is 1.16 bits per heavy atom. The number of hydrogen-bond donors (Lipinski definition) is 2. The van der Waals surface area contributed by atoms with Crippen LogP contribution in [0.4, 0.5) is 0 Å². The van der Waals surface area contributed by atoms with Crippen LogP contribution < -0.4 is 14.8 Å². The minimum absolute atomic E-state index is 0.381. The molecule has 0 spiro atoms. The molecule has 0 aromatic heterocycles. The van der Waals surface area contributed by atoms with Gasteiger partial charge in [-0.25, -0.2) is 0 Å². The Balaban J connectivity index is 1.97. The fourth-order valence-electron chi connectivity index (χ4n) is 1.92. The highest BCUT2D eigenvalue weighted by Gasteiger charge is 2.16. The first-order valence-corrected chi connectivity index (χ1v) is 6.89. The van der Waals surface area contributed by atoms with Gasteiger partial charge in [-0.05, 0) is 30.5 Å². The van der Waals surface area contributed by atoms with Crippen LogP contribution in [0.2, 0.25) is 0 Å². The predicted octanol–water partition coefficient (Wildman–Crippen LogP) is 2.13. The second-order valence-corrected chi connectivity index (χ2v) is 5.36. The molecule has 4 heteroatoms. The molecule has 0 amide bonds. The van der Waals surface area contributed by atoms with Gasteiger partial charge < -0.3 is 19.9 Å². The van der Waals surface area contributed by atoms with E-state index in [0.717, 1.165) is 17.1 Å². The Morgan fingerprint density at radius 2 is 1.84 bits per heavy atom. The van der Waals surface area contributed by atoms with Crippen LogP contribution in [0, 0.1) is 5.92 Å². The summed E-state index contributed by atoms with van der Waals surface area (Å²) in [5, 5.41) is 13.5. The maximum Gasteiger partial charge on any atom is 0.161 e. The lowest BCUT2D eigenvalue weighted by Gasteiger charge is -2.22. The zero-order valence-electron chi connectivity index (χ0n) is 11.8. The van der Waals surface area contributed by atoms with E-state index in [4.69, 9.17) is 9.47 Å². The van der Waals surface area contributed by atoms with E-state index in [0.29, 0.717) is 31.7 Å². The molecule has 2 unspecified atom stereocenters. The molecule has 1 heterocycles. The van der Waals surface area contributed by atoms with Gasteiger partial charge in [-0.1, -0.05) is 19.9 Å². The molecule has 0 aliphatic carbocycles. The van der Waals surface area contributed by atoms with Gasteiger partial charge in [0.1, 0.15) is 13.2 Å². The van der Waals surface area contributed by atoms with Gasteiger partial charge in [0, 0.05) is 12.6 Å². The van der Waals surface area contributed by atoms with E-state index < -0.39 is 6.10 Å². The Hall–Kier alpha value is -1.26. The first-order valence-electron chi connectivity index (χ1n) is 6.89. The van der Waals surface area contributed by atoms with Crippen molar-refractivity contribution in [3.63, 3.8) is 0 Å². The molecule has 106 valence electrons. The Labute approximate surface area is 114 Å². The lowest BCUT2D eigenvalue weighted by molar-refractivity contribution is 0.159. The van der Waals surface area contributed by atoms with E-state index in [-0.39, 0.29) is 0 Å². The largest absolute Gasteiger partial charge is 0.486 e. The molecule has 1 aliphatic heterocycles. The summed E-state index contributed by atoms with van der Waals surface area (Å²) in [5.41, 5.74) is 0.854. The minimum Gasteiger partial charge on any atom is -0.486 e. The molecule has 1 aliphatic rings. The highest BCUT2D eigenvalue weighted by atomic mass is 16.6. The highest BCUT2D eigenvalue weighted by Crippen LogP contribution is 2.32. The van der Waals surface area contributed by atoms with Crippen molar-refractivity contribution >= 4 is 0 Å². The van der Waals surface area contributed by atoms with Crippen LogP contribution in [0.15, 0.2) is 18.2 Å². The topological polar surface area (TPSA) is 50.7 Å². The molecule has 1 aromatic rings. The van der Waals surface area contributed by atoms with Crippen LogP contribution in [0.1, 0.15) is 32.4 Å². The summed E-state index contributed by atoms with van der Waals surface area (Å²) < 4.78 is 11.0. The van der Waals surface area contributed by atoms with Crippen molar-refractivity contribution < 1.29 is 14.6 Å². The fourth-order valence-corrected chi connectivity index (χ4v) is 1.92. The van der Waals surface area contributed by atoms with Gasteiger partial charge in [-0.3, -0.25) is 0 Å². The van der Waals surface area contributed by atoms with Crippen LogP contribution in [0.3, 0.4) is 0 Å². The van der Waals surface area contributed by atoms with Crippen LogP contribution in [-0.2, 0) is 0 Å². The lowest BCUT2D eigenvalue weighted by Crippen LogP contribution is -2.34. The molecule has 0 saturated heterocycles. The van der Waals surface area contributed by atoms with Gasteiger partial charge in [-0.2, -0.15) is 0 Å². The fraction of sp³-hybridized carbons (Fsp3) is 0.600. The molecule has 2 atom stereocenters. The van der Waals surface area contributed by atoms with E-state index in [1.54, 1.807) is 0 Å². The predicted molar refractivity (Wildman–Crippen MR) is 74.7 cm³/mol. The Bertz CT molecular complexity index is 420. The molecule has 2 N–H and O–H groups in total. The maximum absolute atomic E-state index is 10.2. The average molecular weight is 265 g/mol. The summed E-state index contributed by atoms with van der Waals surface area (Å²) >= 11 is 0. The summed E-state index contributed by atoms with van der Waals surface area (Å²) in [6.45, 7) is 8.14. The second kappa shape index (κ2) is 6.26. The number of aliphatic hydroxyl groups excluding tert-OH is 1. The number of hydrogen-bond acceptors (Lipinski definition) is 4. The lowest BCUT2D eigenvalue weighted by atomic mass is 10.0. The van der Waals surface area contributed by atoms with Crippen molar-refractivity contribution in [2.24, 2.45) is 5.92 Å². The van der Waals surface area contributed by atoms with Gasteiger partial charge in [0.25, 0.3) is 0 Å². The summed E-state index contributed by atoms with van der Waals surface area (Å²) in [6.07, 6.45) is -0.531. The summed E-state index contributed by atoms with van der Waals surface area (Å²) in [6, 6.07) is 5.99. The molecular formula is C15H23NO3. The zero-order chi connectivity index (χ0) is 13.8. The Morgan fingerprint density at radius 3 is 2.53 bits per heavy atom.